The lowest BCUT2D eigenvalue weighted by Crippen LogP contribution is -2.57. The Morgan fingerprint density at radius 1 is 1.27 bits per heavy atom. The molecule has 0 aliphatic heterocycles. The Kier molecular flexibility index (Phi) is 4.33. The number of hydrogen-bond donors (Lipinski definition) is 1. The molecule has 0 saturated heterocycles. The zero-order valence-corrected chi connectivity index (χ0v) is 16.3. The number of aliphatic hydroxyl groups excluding tert-OH is 1. The van der Waals surface area contributed by atoms with Gasteiger partial charge in [0, 0.05) is 18.3 Å². The first-order chi connectivity index (χ1) is 12.3. The van der Waals surface area contributed by atoms with Crippen molar-refractivity contribution < 1.29 is 19.4 Å². The monoisotopic (exact) mass is 360 g/mol. The number of carbonyl (C=O) groups excluding carboxylic acids is 2. The van der Waals surface area contributed by atoms with Gasteiger partial charge in [-0.3, -0.25) is 9.59 Å². The molecule has 0 bridgehead atoms. The molecular formula is C22H32O4. The molecule has 0 aromatic heterocycles. The molecule has 26 heavy (non-hydrogen) atoms. The van der Waals surface area contributed by atoms with E-state index in [2.05, 4.69) is 13.8 Å². The summed E-state index contributed by atoms with van der Waals surface area (Å²) in [7, 11) is 0. The molecule has 7 atom stereocenters. The van der Waals surface area contributed by atoms with Crippen molar-refractivity contribution in [3.63, 3.8) is 0 Å². The molecule has 0 aromatic rings. The Balaban J connectivity index is 1.64. The quantitative estimate of drug-likeness (QED) is 0.761. The lowest BCUT2D eigenvalue weighted by Gasteiger charge is -2.59. The van der Waals surface area contributed by atoms with Crippen LogP contribution < -0.4 is 0 Å². The molecule has 0 radical (unpaired) electrons. The number of carbonyl (C=O) groups is 2. The van der Waals surface area contributed by atoms with Crippen LogP contribution in [0.25, 0.3) is 0 Å². The van der Waals surface area contributed by atoms with E-state index < -0.39 is 0 Å². The van der Waals surface area contributed by atoms with Gasteiger partial charge in [-0.25, -0.2) is 0 Å². The van der Waals surface area contributed by atoms with Gasteiger partial charge in [0.05, 0.1) is 6.10 Å². The highest BCUT2D eigenvalue weighted by molar-refractivity contribution is 5.91. The molecule has 0 aromatic carbocycles. The second kappa shape index (κ2) is 6.19. The summed E-state index contributed by atoms with van der Waals surface area (Å²) >= 11 is 0. The van der Waals surface area contributed by atoms with E-state index in [0.29, 0.717) is 31.1 Å². The number of rotatable bonds is 2. The molecule has 0 unspecified atom stereocenters. The minimum Gasteiger partial charge on any atom is -0.462 e. The van der Waals surface area contributed by atoms with Gasteiger partial charge in [0.25, 0.3) is 0 Å². The summed E-state index contributed by atoms with van der Waals surface area (Å²) in [5.74, 6) is 1.32. The van der Waals surface area contributed by atoms with E-state index in [1.54, 1.807) is 0 Å². The van der Waals surface area contributed by atoms with Crippen LogP contribution in [0.2, 0.25) is 0 Å². The molecule has 0 amide bonds. The van der Waals surface area contributed by atoms with Crippen LogP contribution in [0.15, 0.2) is 11.6 Å². The van der Waals surface area contributed by atoms with Crippen LogP contribution in [0.4, 0.5) is 0 Å². The smallest absolute Gasteiger partial charge is 0.305 e. The number of esters is 1. The first-order valence-corrected chi connectivity index (χ1v) is 10.4. The molecule has 0 heterocycles. The number of ketones is 1. The lowest BCUT2D eigenvalue weighted by atomic mass is 9.46. The fourth-order valence-electron chi connectivity index (χ4n) is 7.08. The van der Waals surface area contributed by atoms with Crippen LogP contribution in [-0.4, -0.2) is 29.1 Å². The highest BCUT2D eigenvalue weighted by Gasteiger charge is 2.62. The fraction of sp³-hybridized carbons (Fsp3) is 0.818. The largest absolute Gasteiger partial charge is 0.462 e. The van der Waals surface area contributed by atoms with Gasteiger partial charge in [-0.05, 0) is 67.8 Å². The van der Waals surface area contributed by atoms with E-state index in [-0.39, 0.29) is 40.7 Å². The van der Waals surface area contributed by atoms with Gasteiger partial charge in [0.1, 0.15) is 6.10 Å². The Morgan fingerprint density at radius 3 is 2.77 bits per heavy atom. The third kappa shape index (κ3) is 2.51. The highest BCUT2D eigenvalue weighted by Crippen LogP contribution is 2.65. The summed E-state index contributed by atoms with van der Waals surface area (Å²) in [5.41, 5.74) is 1.10. The average molecular weight is 360 g/mol. The second-order valence-electron chi connectivity index (χ2n) is 9.57. The van der Waals surface area contributed by atoms with Crippen molar-refractivity contribution >= 4 is 11.8 Å². The molecule has 144 valence electrons. The van der Waals surface area contributed by atoms with Crippen molar-refractivity contribution in [2.75, 3.05) is 0 Å². The normalized spacial score (nSPS) is 47.5. The maximum absolute atomic E-state index is 11.9. The van der Waals surface area contributed by atoms with Crippen molar-refractivity contribution in [3.05, 3.63) is 11.6 Å². The summed E-state index contributed by atoms with van der Waals surface area (Å²) in [4.78, 5) is 23.8. The van der Waals surface area contributed by atoms with E-state index in [9.17, 15) is 14.7 Å². The van der Waals surface area contributed by atoms with Crippen LogP contribution in [0.3, 0.4) is 0 Å². The van der Waals surface area contributed by atoms with Crippen LogP contribution in [0.1, 0.15) is 72.1 Å². The average Bonchev–Trinajstić information content (AvgIpc) is 2.91. The molecule has 4 nitrogen and oxygen atoms in total. The van der Waals surface area contributed by atoms with Gasteiger partial charge in [0.2, 0.25) is 0 Å². The first kappa shape index (κ1) is 18.2. The number of ether oxygens (including phenoxy) is 1. The van der Waals surface area contributed by atoms with E-state index in [1.165, 1.54) is 5.57 Å². The molecule has 3 saturated carbocycles. The Labute approximate surface area is 156 Å². The van der Waals surface area contributed by atoms with Gasteiger partial charge < -0.3 is 9.84 Å². The van der Waals surface area contributed by atoms with Crippen LogP contribution in [0.5, 0.6) is 0 Å². The third-order valence-electron chi connectivity index (χ3n) is 8.37. The minimum atomic E-state index is -0.385. The molecule has 4 aliphatic carbocycles. The molecule has 0 spiro atoms. The lowest BCUT2D eigenvalue weighted by molar-refractivity contribution is -0.170. The van der Waals surface area contributed by atoms with E-state index in [0.717, 1.165) is 32.1 Å². The summed E-state index contributed by atoms with van der Waals surface area (Å²) in [6, 6.07) is 0. The Morgan fingerprint density at radius 2 is 2.04 bits per heavy atom. The SMILES string of the molecule is CCC(=O)O[C@@H]1CC[C@H]2[C@@H]3CCC4=CC(=O)CC[C@]4(C)[C@H]3[C@H](O)C[C@]12C. The minimum absolute atomic E-state index is 0.0459. The Bertz CT molecular complexity index is 653. The molecule has 4 aliphatic rings. The predicted molar refractivity (Wildman–Crippen MR) is 98.3 cm³/mol. The van der Waals surface area contributed by atoms with Crippen LogP contribution >= 0.6 is 0 Å². The molecule has 4 rings (SSSR count). The summed E-state index contributed by atoms with van der Waals surface area (Å²) < 4.78 is 5.80. The number of aliphatic hydroxyl groups is 1. The van der Waals surface area contributed by atoms with Gasteiger partial charge in [-0.1, -0.05) is 26.3 Å². The van der Waals surface area contributed by atoms with E-state index in [1.807, 2.05) is 13.0 Å². The fourth-order valence-corrected chi connectivity index (χ4v) is 7.08. The third-order valence-corrected chi connectivity index (χ3v) is 8.37. The molecule has 3 fully saturated rings. The number of allylic oxidation sites excluding steroid dienone is 1. The van der Waals surface area contributed by atoms with Gasteiger partial charge in [-0.15, -0.1) is 0 Å². The zero-order valence-electron chi connectivity index (χ0n) is 16.3. The number of fused-ring (bicyclic) bond motifs is 5. The summed E-state index contributed by atoms with van der Waals surface area (Å²) in [6.45, 7) is 6.34. The van der Waals surface area contributed by atoms with Crippen LogP contribution in [0, 0.1) is 28.6 Å². The summed E-state index contributed by atoms with van der Waals surface area (Å²) in [5, 5.41) is 11.2. The summed E-state index contributed by atoms with van der Waals surface area (Å²) in [6.07, 6.45) is 8.04. The number of hydrogen-bond acceptors (Lipinski definition) is 4. The van der Waals surface area contributed by atoms with E-state index >= 15 is 0 Å². The van der Waals surface area contributed by atoms with E-state index in [4.69, 9.17) is 4.74 Å². The maximum Gasteiger partial charge on any atom is 0.305 e. The molecular weight excluding hydrogens is 328 g/mol. The molecule has 4 heteroatoms. The predicted octanol–water partition coefficient (Wildman–Crippen LogP) is 3.81. The van der Waals surface area contributed by atoms with Crippen molar-refractivity contribution in [2.45, 2.75) is 84.3 Å². The van der Waals surface area contributed by atoms with Gasteiger partial charge in [-0.2, -0.15) is 0 Å². The van der Waals surface area contributed by atoms with Crippen molar-refractivity contribution in [3.8, 4) is 0 Å². The first-order valence-electron chi connectivity index (χ1n) is 10.4. The van der Waals surface area contributed by atoms with Gasteiger partial charge in [0.15, 0.2) is 5.78 Å². The topological polar surface area (TPSA) is 63.6 Å². The second-order valence-corrected chi connectivity index (χ2v) is 9.57. The van der Waals surface area contributed by atoms with Crippen molar-refractivity contribution in [1.82, 2.24) is 0 Å². The highest BCUT2D eigenvalue weighted by atomic mass is 16.5. The maximum atomic E-state index is 11.9. The molecule has 1 N–H and O–H groups in total. The standard InChI is InChI=1S/C22H32O4/c1-4-19(25)26-18-8-7-16-15-6-5-13-11-14(23)9-10-21(13,2)20(15)17(24)12-22(16,18)3/h11,15-18,20,24H,4-10,12H2,1-3H3/t15-,16-,17+,18+,20+,21-,22-/m0/s1. The van der Waals surface area contributed by atoms with Crippen molar-refractivity contribution in [1.29, 1.82) is 0 Å². The van der Waals surface area contributed by atoms with Crippen molar-refractivity contribution in [2.24, 2.45) is 28.6 Å². The van der Waals surface area contributed by atoms with Crippen LogP contribution in [-0.2, 0) is 14.3 Å². The van der Waals surface area contributed by atoms with Gasteiger partial charge >= 0.3 is 5.97 Å². The Hall–Kier alpha value is -1.16. The zero-order chi connectivity index (χ0) is 18.7.